The van der Waals surface area contributed by atoms with Gasteiger partial charge in [0.05, 0.1) is 23.3 Å². The Morgan fingerprint density at radius 3 is 2.19 bits per heavy atom. The lowest BCUT2D eigenvalue weighted by atomic mass is 9.90. The van der Waals surface area contributed by atoms with Crippen molar-refractivity contribution in [3.63, 3.8) is 0 Å². The van der Waals surface area contributed by atoms with Gasteiger partial charge in [0.15, 0.2) is 0 Å². The van der Waals surface area contributed by atoms with Crippen LogP contribution < -0.4 is 10.5 Å². The van der Waals surface area contributed by atoms with Gasteiger partial charge in [-0.05, 0) is 79.1 Å². The van der Waals surface area contributed by atoms with Crippen LogP contribution in [0, 0.1) is 29.9 Å². The molecular formula is C34H30F2N6O. The zero-order valence-electron chi connectivity index (χ0n) is 24.1. The van der Waals surface area contributed by atoms with E-state index in [2.05, 4.69) is 38.8 Å². The van der Waals surface area contributed by atoms with Gasteiger partial charge in [-0.2, -0.15) is 5.26 Å². The van der Waals surface area contributed by atoms with E-state index in [4.69, 9.17) is 0 Å². The smallest absolute Gasteiger partial charge is 0.252 e. The lowest BCUT2D eigenvalue weighted by molar-refractivity contribution is 0.0860. The first-order valence-electron chi connectivity index (χ1n) is 14.1. The van der Waals surface area contributed by atoms with Crippen molar-refractivity contribution in [2.75, 3.05) is 18.0 Å². The zero-order valence-corrected chi connectivity index (χ0v) is 24.1. The van der Waals surface area contributed by atoms with Gasteiger partial charge in [0.1, 0.15) is 28.9 Å². The summed E-state index contributed by atoms with van der Waals surface area (Å²) in [6.45, 7) is 5.09. The van der Waals surface area contributed by atoms with Crippen molar-refractivity contribution in [2.45, 2.75) is 32.0 Å². The van der Waals surface area contributed by atoms with Gasteiger partial charge >= 0.3 is 0 Å². The summed E-state index contributed by atoms with van der Waals surface area (Å²) in [7, 11) is 1.70. The largest absolute Gasteiger partial charge is 0.366 e. The molecule has 0 saturated carbocycles. The number of piperazine rings is 1. The lowest BCUT2D eigenvalue weighted by Crippen LogP contribution is -2.55. The van der Waals surface area contributed by atoms with Crippen molar-refractivity contribution < 1.29 is 8.78 Å². The van der Waals surface area contributed by atoms with E-state index < -0.39 is 0 Å². The van der Waals surface area contributed by atoms with Gasteiger partial charge in [0.25, 0.3) is 5.56 Å². The summed E-state index contributed by atoms with van der Waals surface area (Å²) < 4.78 is 29.7. The second-order valence-electron chi connectivity index (χ2n) is 11.1. The number of hydrogen-bond acceptors (Lipinski definition) is 6. The van der Waals surface area contributed by atoms with Crippen molar-refractivity contribution in [3.8, 4) is 6.07 Å². The molecule has 0 spiro atoms. The van der Waals surface area contributed by atoms with Crippen LogP contribution in [0.2, 0.25) is 0 Å². The number of halogens is 2. The van der Waals surface area contributed by atoms with Crippen LogP contribution in [-0.4, -0.2) is 38.6 Å². The maximum Gasteiger partial charge on any atom is 0.252 e. The SMILES string of the molecule is Cc1cc(C2CN(c3cc(=O)n(C)c4ccc(C#N)nc34)CC(C)N2C(c2ccc(F)cc2)c2ccc(F)cc2)ccn1. The molecule has 216 valence electrons. The predicted molar refractivity (Wildman–Crippen MR) is 162 cm³/mol. The molecule has 5 aromatic rings. The van der Waals surface area contributed by atoms with Crippen molar-refractivity contribution >= 4 is 16.7 Å². The minimum Gasteiger partial charge on any atom is -0.366 e. The first-order chi connectivity index (χ1) is 20.7. The van der Waals surface area contributed by atoms with Crippen molar-refractivity contribution in [3.05, 3.63) is 135 Å². The van der Waals surface area contributed by atoms with E-state index >= 15 is 0 Å². The number of nitriles is 1. The molecule has 1 aliphatic heterocycles. The maximum atomic E-state index is 14.1. The minimum absolute atomic E-state index is 0.0921. The molecular weight excluding hydrogens is 546 g/mol. The highest BCUT2D eigenvalue weighted by molar-refractivity contribution is 5.88. The number of rotatable bonds is 5. The predicted octanol–water partition coefficient (Wildman–Crippen LogP) is 5.83. The van der Waals surface area contributed by atoms with Crippen LogP contribution in [0.15, 0.2) is 89.9 Å². The number of nitrogens with zero attached hydrogens (tertiary/aromatic N) is 6. The fraction of sp³-hybridized carbons (Fsp3) is 0.235. The summed E-state index contributed by atoms with van der Waals surface area (Å²) in [5.74, 6) is -0.662. The average Bonchev–Trinajstić information content (AvgIpc) is 3.01. The Labute approximate surface area is 248 Å². The van der Waals surface area contributed by atoms with Crippen LogP contribution in [0.3, 0.4) is 0 Å². The Balaban J connectivity index is 1.52. The normalized spacial score (nSPS) is 17.4. The molecule has 0 radical (unpaired) electrons. The molecule has 3 aromatic heterocycles. The third-order valence-electron chi connectivity index (χ3n) is 8.25. The Morgan fingerprint density at radius 2 is 1.58 bits per heavy atom. The quantitative estimate of drug-likeness (QED) is 0.262. The van der Waals surface area contributed by atoms with Gasteiger partial charge < -0.3 is 9.47 Å². The Hall–Kier alpha value is -4.94. The Kier molecular flexibility index (Phi) is 7.46. The number of pyridine rings is 3. The number of hydrogen-bond donors (Lipinski definition) is 0. The van der Waals surface area contributed by atoms with Crippen molar-refractivity contribution in [1.82, 2.24) is 19.4 Å². The third kappa shape index (κ3) is 5.38. The van der Waals surface area contributed by atoms with Gasteiger partial charge in [0.2, 0.25) is 0 Å². The van der Waals surface area contributed by atoms with E-state index in [9.17, 15) is 18.8 Å². The zero-order chi connectivity index (χ0) is 30.2. The van der Waals surface area contributed by atoms with Crippen LogP contribution in [0.5, 0.6) is 0 Å². The number of aryl methyl sites for hydroxylation is 2. The summed E-state index contributed by atoms with van der Waals surface area (Å²) in [4.78, 5) is 26.7. The molecule has 0 amide bonds. The second kappa shape index (κ2) is 11.4. The molecule has 9 heteroatoms. The highest BCUT2D eigenvalue weighted by atomic mass is 19.1. The van der Waals surface area contributed by atoms with Crippen LogP contribution in [0.25, 0.3) is 11.0 Å². The summed E-state index contributed by atoms with van der Waals surface area (Å²) in [5.41, 5.74) is 5.63. The molecule has 43 heavy (non-hydrogen) atoms. The number of anilines is 1. The van der Waals surface area contributed by atoms with E-state index in [1.165, 1.54) is 28.8 Å². The van der Waals surface area contributed by atoms with Gasteiger partial charge in [-0.15, -0.1) is 0 Å². The van der Waals surface area contributed by atoms with Gasteiger partial charge in [-0.3, -0.25) is 14.7 Å². The molecule has 0 aliphatic carbocycles. The van der Waals surface area contributed by atoms with Crippen molar-refractivity contribution in [1.29, 1.82) is 5.26 Å². The van der Waals surface area contributed by atoms with E-state index in [1.54, 1.807) is 55.7 Å². The van der Waals surface area contributed by atoms with Crippen LogP contribution >= 0.6 is 0 Å². The van der Waals surface area contributed by atoms with E-state index in [1.807, 2.05) is 13.0 Å². The first-order valence-corrected chi connectivity index (χ1v) is 14.1. The standard InChI is InChI=1S/C34H30F2N6O/c1-21-16-25(14-15-38-21)31-20-41(30-17-32(43)40(3)29-13-12-28(18-37)39-33(29)30)19-22(2)42(31)34(23-4-8-26(35)9-5-23)24-6-10-27(36)11-7-24/h4-17,22,31,34H,19-20H2,1-3H3. The van der Waals surface area contributed by atoms with Gasteiger partial charge in [-0.1, -0.05) is 24.3 Å². The fourth-order valence-corrected chi connectivity index (χ4v) is 6.22. The minimum atomic E-state index is -0.331. The summed E-state index contributed by atoms with van der Waals surface area (Å²) in [6.07, 6.45) is 1.78. The topological polar surface area (TPSA) is 78.0 Å². The molecule has 0 bridgehead atoms. The second-order valence-corrected chi connectivity index (χ2v) is 11.1. The summed E-state index contributed by atoms with van der Waals surface area (Å²) in [5, 5.41) is 9.57. The molecule has 0 N–H and O–H groups in total. The molecule has 2 aromatic carbocycles. The number of fused-ring (bicyclic) bond motifs is 1. The molecule has 7 nitrogen and oxygen atoms in total. The average molecular weight is 577 g/mol. The first kappa shape index (κ1) is 28.2. The summed E-state index contributed by atoms with van der Waals surface area (Å²) >= 11 is 0. The van der Waals surface area contributed by atoms with E-state index in [0.717, 1.165) is 22.4 Å². The highest BCUT2D eigenvalue weighted by Crippen LogP contribution is 2.42. The third-order valence-corrected chi connectivity index (χ3v) is 8.25. The van der Waals surface area contributed by atoms with Crippen LogP contribution in [0.1, 0.15) is 47.1 Å². The number of benzene rings is 2. The molecule has 1 saturated heterocycles. The Bertz CT molecular complexity index is 1850. The van der Waals surface area contributed by atoms with Crippen molar-refractivity contribution in [2.24, 2.45) is 7.05 Å². The monoisotopic (exact) mass is 576 g/mol. The number of aromatic nitrogens is 3. The molecule has 2 unspecified atom stereocenters. The van der Waals surface area contributed by atoms with Gasteiger partial charge in [-0.25, -0.2) is 13.8 Å². The molecule has 1 fully saturated rings. The fourth-order valence-electron chi connectivity index (χ4n) is 6.22. The Morgan fingerprint density at radius 1 is 0.930 bits per heavy atom. The molecule has 4 heterocycles. The maximum absolute atomic E-state index is 14.1. The van der Waals surface area contributed by atoms with E-state index in [-0.39, 0.29) is 41.0 Å². The highest BCUT2D eigenvalue weighted by Gasteiger charge is 2.39. The molecule has 2 atom stereocenters. The van der Waals surface area contributed by atoms with E-state index in [0.29, 0.717) is 29.8 Å². The molecule has 6 rings (SSSR count). The lowest BCUT2D eigenvalue weighted by Gasteiger charge is -2.50. The molecule has 1 aliphatic rings. The van der Waals surface area contributed by atoms with Gasteiger partial charge in [0, 0.05) is 44.1 Å². The summed E-state index contributed by atoms with van der Waals surface area (Å²) in [6, 6.07) is 23.4. The van der Waals surface area contributed by atoms with Crippen LogP contribution in [-0.2, 0) is 7.05 Å². The van der Waals surface area contributed by atoms with Crippen LogP contribution in [0.4, 0.5) is 14.5 Å².